The minimum absolute atomic E-state index is 0.148. The van der Waals surface area contributed by atoms with Gasteiger partial charge in [-0.15, -0.1) is 0 Å². The summed E-state index contributed by atoms with van der Waals surface area (Å²) < 4.78 is 13.3. The van der Waals surface area contributed by atoms with E-state index in [1.54, 1.807) is 6.07 Å². The molecule has 0 aliphatic heterocycles. The summed E-state index contributed by atoms with van der Waals surface area (Å²) in [6.07, 6.45) is 2.92. The number of aromatic nitrogens is 1. The van der Waals surface area contributed by atoms with Gasteiger partial charge in [-0.25, -0.2) is 4.39 Å². The van der Waals surface area contributed by atoms with Gasteiger partial charge in [0.15, 0.2) is 0 Å². The predicted molar refractivity (Wildman–Crippen MR) is 51.0 cm³/mol. The second kappa shape index (κ2) is 3.02. The minimum atomic E-state index is -0.687. The molecule has 0 radical (unpaired) electrons. The van der Waals surface area contributed by atoms with E-state index in [4.69, 9.17) is 0 Å². The summed E-state index contributed by atoms with van der Waals surface area (Å²) in [7, 11) is 0. The molecule has 14 heavy (non-hydrogen) atoms. The smallest absolute Gasteiger partial charge is 0.147 e. The van der Waals surface area contributed by atoms with Gasteiger partial charge in [0.25, 0.3) is 0 Å². The van der Waals surface area contributed by atoms with Gasteiger partial charge in [0, 0.05) is 11.8 Å². The van der Waals surface area contributed by atoms with Gasteiger partial charge in [0.2, 0.25) is 0 Å². The normalized spacial score (nSPS) is 25.9. The Morgan fingerprint density at radius 1 is 1.64 bits per heavy atom. The maximum atomic E-state index is 13.3. The van der Waals surface area contributed by atoms with Crippen molar-refractivity contribution in [1.82, 2.24) is 4.98 Å². The van der Waals surface area contributed by atoms with Gasteiger partial charge >= 0.3 is 0 Å². The first-order chi connectivity index (χ1) is 6.52. The maximum absolute atomic E-state index is 13.3. The number of aliphatic hydroxyl groups is 1. The minimum Gasteiger partial charge on any atom is -0.388 e. The van der Waals surface area contributed by atoms with Crippen molar-refractivity contribution in [2.75, 3.05) is 0 Å². The molecule has 0 amide bonds. The fraction of sp³-hybridized carbons (Fsp3) is 0.545. The molecule has 2 nitrogen and oxygen atoms in total. The SMILES string of the molecule is CC1(C)CC1C(O)c1ccncc1F. The summed E-state index contributed by atoms with van der Waals surface area (Å²) in [4.78, 5) is 3.66. The monoisotopic (exact) mass is 195 g/mol. The Morgan fingerprint density at radius 3 is 2.79 bits per heavy atom. The molecule has 0 spiro atoms. The Balaban J connectivity index is 2.21. The highest BCUT2D eigenvalue weighted by molar-refractivity contribution is 5.20. The number of aliphatic hydroxyl groups excluding tert-OH is 1. The number of halogens is 1. The van der Waals surface area contributed by atoms with Crippen LogP contribution in [0.4, 0.5) is 4.39 Å². The van der Waals surface area contributed by atoms with E-state index in [1.807, 2.05) is 0 Å². The molecule has 1 aliphatic carbocycles. The lowest BCUT2D eigenvalue weighted by molar-refractivity contribution is 0.134. The largest absolute Gasteiger partial charge is 0.388 e. The van der Waals surface area contributed by atoms with E-state index in [1.165, 1.54) is 6.20 Å². The number of nitrogens with zero attached hydrogens (tertiary/aromatic N) is 1. The van der Waals surface area contributed by atoms with Crippen LogP contribution in [0.25, 0.3) is 0 Å². The molecule has 1 aliphatic rings. The molecule has 1 fully saturated rings. The third-order valence-corrected chi connectivity index (χ3v) is 3.09. The van der Waals surface area contributed by atoms with E-state index in [0.29, 0.717) is 5.56 Å². The van der Waals surface area contributed by atoms with E-state index in [0.717, 1.165) is 12.6 Å². The molecular weight excluding hydrogens is 181 g/mol. The van der Waals surface area contributed by atoms with E-state index >= 15 is 0 Å². The summed E-state index contributed by atoms with van der Waals surface area (Å²) in [5.74, 6) is -0.234. The Bertz CT molecular complexity index is 351. The third kappa shape index (κ3) is 1.52. The van der Waals surface area contributed by atoms with Crippen LogP contribution in [0.1, 0.15) is 31.9 Å². The lowest BCUT2D eigenvalue weighted by Gasteiger charge is -2.12. The van der Waals surface area contributed by atoms with Crippen LogP contribution < -0.4 is 0 Å². The van der Waals surface area contributed by atoms with Crippen LogP contribution in [0.15, 0.2) is 18.5 Å². The fourth-order valence-corrected chi connectivity index (χ4v) is 1.89. The molecule has 1 aromatic rings. The summed E-state index contributed by atoms with van der Waals surface area (Å²) >= 11 is 0. The van der Waals surface area contributed by atoms with Gasteiger partial charge in [-0.3, -0.25) is 4.98 Å². The molecule has 1 saturated carbocycles. The van der Waals surface area contributed by atoms with Gasteiger partial charge in [-0.1, -0.05) is 13.8 Å². The first-order valence-electron chi connectivity index (χ1n) is 4.80. The van der Waals surface area contributed by atoms with Gasteiger partial charge in [-0.05, 0) is 23.8 Å². The molecule has 76 valence electrons. The standard InChI is InChI=1S/C11H14FNO/c1-11(2)5-8(11)10(14)7-3-4-13-6-9(7)12/h3-4,6,8,10,14H,5H2,1-2H3. The Kier molecular flexibility index (Phi) is 2.07. The molecule has 3 heteroatoms. The lowest BCUT2D eigenvalue weighted by atomic mass is 10.0. The van der Waals surface area contributed by atoms with E-state index in [-0.39, 0.29) is 11.3 Å². The quantitative estimate of drug-likeness (QED) is 0.785. The topological polar surface area (TPSA) is 33.1 Å². The van der Waals surface area contributed by atoms with Crippen LogP contribution in [0.3, 0.4) is 0 Å². The molecule has 1 N–H and O–H groups in total. The first-order valence-corrected chi connectivity index (χ1v) is 4.80. The molecule has 2 unspecified atom stereocenters. The summed E-state index contributed by atoms with van der Waals surface area (Å²) in [6.45, 7) is 4.17. The number of rotatable bonds is 2. The van der Waals surface area contributed by atoms with Crippen LogP contribution in [-0.4, -0.2) is 10.1 Å². The fourth-order valence-electron chi connectivity index (χ4n) is 1.89. The van der Waals surface area contributed by atoms with Gasteiger partial charge in [-0.2, -0.15) is 0 Å². The maximum Gasteiger partial charge on any atom is 0.147 e. The Morgan fingerprint density at radius 2 is 2.29 bits per heavy atom. The number of hydrogen-bond donors (Lipinski definition) is 1. The van der Waals surface area contributed by atoms with Gasteiger partial charge in [0.1, 0.15) is 5.82 Å². The van der Waals surface area contributed by atoms with Crippen LogP contribution in [0.5, 0.6) is 0 Å². The molecule has 1 heterocycles. The molecule has 2 rings (SSSR count). The van der Waals surface area contributed by atoms with Crippen molar-refractivity contribution in [2.24, 2.45) is 11.3 Å². The van der Waals surface area contributed by atoms with E-state index in [9.17, 15) is 9.50 Å². The van der Waals surface area contributed by atoms with Crippen molar-refractivity contribution in [3.05, 3.63) is 29.8 Å². The zero-order chi connectivity index (χ0) is 10.3. The first kappa shape index (κ1) is 9.59. The summed E-state index contributed by atoms with van der Waals surface area (Å²) in [5, 5.41) is 9.91. The van der Waals surface area contributed by atoms with E-state index in [2.05, 4.69) is 18.8 Å². The highest BCUT2D eigenvalue weighted by Crippen LogP contribution is 2.57. The van der Waals surface area contributed by atoms with Crippen molar-refractivity contribution >= 4 is 0 Å². The van der Waals surface area contributed by atoms with Crippen molar-refractivity contribution < 1.29 is 9.50 Å². The van der Waals surface area contributed by atoms with Crippen LogP contribution in [0.2, 0.25) is 0 Å². The van der Waals surface area contributed by atoms with Crippen molar-refractivity contribution in [3.63, 3.8) is 0 Å². The Labute approximate surface area is 82.8 Å². The predicted octanol–water partition coefficient (Wildman–Crippen LogP) is 2.30. The third-order valence-electron chi connectivity index (χ3n) is 3.09. The van der Waals surface area contributed by atoms with Crippen molar-refractivity contribution in [2.45, 2.75) is 26.4 Å². The zero-order valence-corrected chi connectivity index (χ0v) is 8.37. The number of pyridine rings is 1. The molecular formula is C11H14FNO. The number of hydrogen-bond acceptors (Lipinski definition) is 2. The molecule has 0 saturated heterocycles. The highest BCUT2D eigenvalue weighted by atomic mass is 19.1. The highest BCUT2D eigenvalue weighted by Gasteiger charge is 2.50. The van der Waals surface area contributed by atoms with Crippen LogP contribution in [0, 0.1) is 17.2 Å². The Hall–Kier alpha value is -0.960. The molecule has 1 aromatic heterocycles. The zero-order valence-electron chi connectivity index (χ0n) is 8.37. The van der Waals surface area contributed by atoms with Crippen LogP contribution in [-0.2, 0) is 0 Å². The molecule has 2 atom stereocenters. The average molecular weight is 195 g/mol. The molecule has 0 bridgehead atoms. The van der Waals surface area contributed by atoms with Crippen molar-refractivity contribution in [3.8, 4) is 0 Å². The van der Waals surface area contributed by atoms with Gasteiger partial charge in [0.05, 0.1) is 12.3 Å². The van der Waals surface area contributed by atoms with Gasteiger partial charge < -0.3 is 5.11 Å². The second-order valence-corrected chi connectivity index (χ2v) is 4.64. The van der Waals surface area contributed by atoms with Crippen LogP contribution >= 0.6 is 0 Å². The summed E-state index contributed by atoms with van der Waals surface area (Å²) in [5.41, 5.74) is 0.519. The lowest BCUT2D eigenvalue weighted by Crippen LogP contribution is -2.07. The van der Waals surface area contributed by atoms with Crippen molar-refractivity contribution in [1.29, 1.82) is 0 Å². The average Bonchev–Trinajstić information content (AvgIpc) is 2.75. The second-order valence-electron chi connectivity index (χ2n) is 4.64. The molecule has 0 aromatic carbocycles. The van der Waals surface area contributed by atoms with E-state index < -0.39 is 11.9 Å². The summed E-state index contributed by atoms with van der Waals surface area (Å²) in [6, 6.07) is 1.55.